The Bertz CT molecular complexity index is 1160. The summed E-state index contributed by atoms with van der Waals surface area (Å²) in [4.78, 5) is 27.1. The van der Waals surface area contributed by atoms with Gasteiger partial charge in [0.05, 0.1) is 0 Å². The average molecular weight is 431 g/mol. The molecule has 7 nitrogen and oxygen atoms in total. The second kappa shape index (κ2) is 7.91. The lowest BCUT2D eigenvalue weighted by molar-refractivity contribution is -0.134. The van der Waals surface area contributed by atoms with Crippen molar-refractivity contribution in [2.24, 2.45) is 5.92 Å². The van der Waals surface area contributed by atoms with Gasteiger partial charge < -0.3 is 20.3 Å². The van der Waals surface area contributed by atoms with Crippen LogP contribution in [0.5, 0.6) is 0 Å². The van der Waals surface area contributed by atoms with E-state index in [2.05, 4.69) is 5.16 Å². The van der Waals surface area contributed by atoms with Gasteiger partial charge in [-0.2, -0.15) is 0 Å². The molecule has 1 saturated heterocycles. The van der Waals surface area contributed by atoms with Gasteiger partial charge in [0.25, 0.3) is 5.91 Å². The molecule has 2 aliphatic rings. The zero-order valence-electron chi connectivity index (χ0n) is 17.7. The summed E-state index contributed by atoms with van der Waals surface area (Å²) < 4.78 is 4.96. The molecule has 5 rings (SSSR count). The van der Waals surface area contributed by atoms with Gasteiger partial charge in [-0.05, 0) is 55.0 Å². The number of hydrogen-bond donors (Lipinski definition) is 2. The van der Waals surface area contributed by atoms with E-state index in [-0.39, 0.29) is 23.5 Å². The monoisotopic (exact) mass is 431 g/mol. The third kappa shape index (κ3) is 3.91. The van der Waals surface area contributed by atoms with Gasteiger partial charge in [0.2, 0.25) is 5.88 Å². The Labute approximate surface area is 185 Å². The molecule has 0 spiro atoms. The van der Waals surface area contributed by atoms with E-state index in [1.54, 1.807) is 11.0 Å². The standard InChI is InChI=1S/C25H25N3O4/c26-22-15-21(27-32-22)20-3-1-2-19(14-20)16-4-6-18(7-5-16)24(30)28-12-8-17(9-13-28)23(29)25(31)10-11-25/h1-7,14-15,17,31H,8-13,26H2. The first-order valence-electron chi connectivity index (χ1n) is 10.9. The van der Waals surface area contributed by atoms with Gasteiger partial charge in [-0.25, -0.2) is 0 Å². The number of aliphatic hydroxyl groups is 1. The van der Waals surface area contributed by atoms with Crippen molar-refractivity contribution in [2.75, 3.05) is 18.8 Å². The van der Waals surface area contributed by atoms with Crippen molar-refractivity contribution in [1.82, 2.24) is 10.1 Å². The number of Topliss-reactive ketones (excluding diaryl/α,β-unsaturated/α-hetero) is 1. The van der Waals surface area contributed by atoms with Crippen LogP contribution in [0.25, 0.3) is 22.4 Å². The Morgan fingerprint density at radius 2 is 1.69 bits per heavy atom. The third-order valence-electron chi connectivity index (χ3n) is 6.49. The lowest BCUT2D eigenvalue weighted by Gasteiger charge is -2.32. The van der Waals surface area contributed by atoms with Crippen LogP contribution in [0.1, 0.15) is 36.0 Å². The summed E-state index contributed by atoms with van der Waals surface area (Å²) in [6.45, 7) is 1.08. The van der Waals surface area contributed by atoms with Gasteiger partial charge in [0.15, 0.2) is 5.78 Å². The second-order valence-corrected chi connectivity index (χ2v) is 8.73. The molecule has 1 aliphatic carbocycles. The fraction of sp³-hybridized carbons (Fsp3) is 0.320. The number of rotatable bonds is 5. The SMILES string of the molecule is Nc1cc(-c2cccc(-c3ccc(C(=O)N4CCC(C(=O)C5(O)CC5)CC4)cc3)c2)no1. The Balaban J connectivity index is 1.25. The fourth-order valence-corrected chi connectivity index (χ4v) is 4.36. The summed E-state index contributed by atoms with van der Waals surface area (Å²) in [6.07, 6.45) is 2.38. The van der Waals surface area contributed by atoms with E-state index in [4.69, 9.17) is 10.3 Å². The molecule has 2 heterocycles. The van der Waals surface area contributed by atoms with E-state index in [9.17, 15) is 14.7 Å². The molecule has 7 heteroatoms. The molecular weight excluding hydrogens is 406 g/mol. The maximum Gasteiger partial charge on any atom is 0.253 e. The number of aromatic nitrogens is 1. The molecule has 3 N–H and O–H groups in total. The minimum atomic E-state index is -1.08. The molecule has 0 atom stereocenters. The zero-order chi connectivity index (χ0) is 22.3. The zero-order valence-corrected chi connectivity index (χ0v) is 17.7. The van der Waals surface area contributed by atoms with Crippen LogP contribution in [-0.4, -0.2) is 45.5 Å². The largest absolute Gasteiger partial charge is 0.382 e. The number of anilines is 1. The number of nitrogens with zero attached hydrogens (tertiary/aromatic N) is 2. The first-order chi connectivity index (χ1) is 15.4. The number of hydrogen-bond acceptors (Lipinski definition) is 6. The van der Waals surface area contributed by atoms with E-state index >= 15 is 0 Å². The van der Waals surface area contributed by atoms with Crippen LogP contribution >= 0.6 is 0 Å². The molecule has 1 amide bonds. The highest BCUT2D eigenvalue weighted by Gasteiger charge is 2.50. The summed E-state index contributed by atoms with van der Waals surface area (Å²) >= 11 is 0. The van der Waals surface area contributed by atoms with Crippen molar-refractivity contribution in [1.29, 1.82) is 0 Å². The van der Waals surface area contributed by atoms with E-state index < -0.39 is 5.60 Å². The Morgan fingerprint density at radius 3 is 2.31 bits per heavy atom. The maximum absolute atomic E-state index is 12.9. The number of ketones is 1. The molecule has 2 fully saturated rings. The van der Waals surface area contributed by atoms with Crippen molar-refractivity contribution in [3.8, 4) is 22.4 Å². The molecule has 32 heavy (non-hydrogen) atoms. The number of benzene rings is 2. The van der Waals surface area contributed by atoms with Gasteiger partial charge in [-0.3, -0.25) is 9.59 Å². The highest BCUT2D eigenvalue weighted by Crippen LogP contribution is 2.40. The van der Waals surface area contributed by atoms with Gasteiger partial charge in [-0.1, -0.05) is 35.5 Å². The molecule has 164 valence electrons. The Morgan fingerprint density at radius 1 is 1.00 bits per heavy atom. The lowest BCUT2D eigenvalue weighted by atomic mass is 9.88. The number of amides is 1. The highest BCUT2D eigenvalue weighted by molar-refractivity contribution is 5.95. The van der Waals surface area contributed by atoms with Crippen LogP contribution in [0.3, 0.4) is 0 Å². The minimum Gasteiger partial charge on any atom is -0.382 e. The highest BCUT2D eigenvalue weighted by atomic mass is 16.5. The summed E-state index contributed by atoms with van der Waals surface area (Å²) in [7, 11) is 0. The van der Waals surface area contributed by atoms with Crippen molar-refractivity contribution in [2.45, 2.75) is 31.3 Å². The lowest BCUT2D eigenvalue weighted by Crippen LogP contribution is -2.42. The van der Waals surface area contributed by atoms with E-state index in [0.717, 1.165) is 16.7 Å². The van der Waals surface area contributed by atoms with Crippen LogP contribution in [-0.2, 0) is 4.79 Å². The molecule has 0 radical (unpaired) electrons. The van der Waals surface area contributed by atoms with Crippen molar-refractivity contribution in [3.05, 3.63) is 60.2 Å². The van der Waals surface area contributed by atoms with E-state index in [1.807, 2.05) is 48.5 Å². The van der Waals surface area contributed by atoms with Gasteiger partial charge in [0.1, 0.15) is 11.3 Å². The number of likely N-dealkylation sites (tertiary alicyclic amines) is 1. The third-order valence-corrected chi connectivity index (χ3v) is 6.49. The maximum atomic E-state index is 12.9. The Hall–Kier alpha value is -3.45. The molecule has 2 aromatic carbocycles. The quantitative estimate of drug-likeness (QED) is 0.639. The second-order valence-electron chi connectivity index (χ2n) is 8.73. The van der Waals surface area contributed by atoms with Gasteiger partial charge in [0, 0.05) is 36.2 Å². The van der Waals surface area contributed by atoms with Crippen molar-refractivity contribution < 1.29 is 19.2 Å². The van der Waals surface area contributed by atoms with Gasteiger partial charge in [-0.15, -0.1) is 0 Å². The summed E-state index contributed by atoms with van der Waals surface area (Å²) in [5.41, 5.74) is 8.73. The smallest absolute Gasteiger partial charge is 0.253 e. The predicted molar refractivity (Wildman–Crippen MR) is 120 cm³/mol. The predicted octanol–water partition coefficient (Wildman–Crippen LogP) is 3.54. The van der Waals surface area contributed by atoms with Crippen molar-refractivity contribution in [3.63, 3.8) is 0 Å². The van der Waals surface area contributed by atoms with E-state index in [1.165, 1.54) is 0 Å². The first-order valence-corrected chi connectivity index (χ1v) is 10.9. The van der Waals surface area contributed by atoms with Crippen LogP contribution in [0.15, 0.2) is 59.1 Å². The first kappa shape index (κ1) is 20.5. The molecule has 1 saturated carbocycles. The summed E-state index contributed by atoms with van der Waals surface area (Å²) in [5.74, 6) is 0.0650. The summed E-state index contributed by atoms with van der Waals surface area (Å²) in [5, 5.41) is 14.0. The molecule has 1 aliphatic heterocycles. The topological polar surface area (TPSA) is 110 Å². The van der Waals surface area contributed by atoms with Crippen molar-refractivity contribution >= 4 is 17.6 Å². The fourth-order valence-electron chi connectivity index (χ4n) is 4.36. The number of nitrogen functional groups attached to an aromatic ring is 1. The van der Waals surface area contributed by atoms with Crippen LogP contribution < -0.4 is 5.73 Å². The van der Waals surface area contributed by atoms with Crippen LogP contribution in [0.2, 0.25) is 0 Å². The van der Waals surface area contributed by atoms with Crippen LogP contribution in [0.4, 0.5) is 5.88 Å². The molecule has 0 unspecified atom stereocenters. The molecule has 3 aromatic rings. The molecule has 0 bridgehead atoms. The summed E-state index contributed by atoms with van der Waals surface area (Å²) in [6, 6.07) is 17.1. The number of carbonyl (C=O) groups excluding carboxylic acids is 2. The minimum absolute atomic E-state index is 0.0283. The number of nitrogens with two attached hydrogens (primary N) is 1. The van der Waals surface area contributed by atoms with Crippen LogP contribution in [0, 0.1) is 5.92 Å². The molecule has 1 aromatic heterocycles. The van der Waals surface area contributed by atoms with E-state index in [0.29, 0.717) is 50.0 Å². The number of carbonyl (C=O) groups is 2. The Kier molecular flexibility index (Phi) is 5.06. The normalized spacial score (nSPS) is 17.8. The van der Waals surface area contributed by atoms with Gasteiger partial charge >= 0.3 is 0 Å². The molecular formula is C25H25N3O4. The number of piperidine rings is 1. The average Bonchev–Trinajstić information content (AvgIpc) is 3.44.